The predicted octanol–water partition coefficient (Wildman–Crippen LogP) is 0.458. The van der Waals surface area contributed by atoms with Gasteiger partial charge in [0.05, 0.1) is 12.6 Å². The van der Waals surface area contributed by atoms with E-state index in [1.807, 2.05) is 0 Å². The molecular weight excluding hydrogens is 168 g/mol. The number of azide groups is 1. The summed E-state index contributed by atoms with van der Waals surface area (Å²) in [5.41, 5.74) is 13.9. The molecule has 0 aromatic heterocycles. The Morgan fingerprint density at radius 3 is 3.08 bits per heavy atom. The van der Waals surface area contributed by atoms with E-state index in [1.54, 1.807) is 0 Å². The summed E-state index contributed by atoms with van der Waals surface area (Å²) in [6.45, 7) is 1.14. The third-order valence-corrected chi connectivity index (χ3v) is 2.42. The summed E-state index contributed by atoms with van der Waals surface area (Å²) in [6, 6.07) is 0.744. The highest BCUT2D eigenvalue weighted by atomic mass is 15.4. The highest BCUT2D eigenvalue weighted by Gasteiger charge is 2.37. The first-order valence-electron chi connectivity index (χ1n) is 4.42. The Balaban J connectivity index is 2.00. The normalized spacial score (nSPS) is 26.9. The van der Waals surface area contributed by atoms with Gasteiger partial charge in [-0.15, -0.1) is 0 Å². The molecule has 13 heavy (non-hydrogen) atoms. The first-order chi connectivity index (χ1) is 6.33. The summed E-state index contributed by atoms with van der Waals surface area (Å²) in [4.78, 5) is 8.99. The van der Waals surface area contributed by atoms with E-state index in [4.69, 9.17) is 11.3 Å². The van der Waals surface area contributed by atoms with Crippen LogP contribution in [-0.2, 0) is 0 Å². The lowest BCUT2D eigenvalue weighted by atomic mass is 10.3. The highest BCUT2D eigenvalue weighted by Crippen LogP contribution is 2.30. The maximum absolute atomic E-state index is 8.20. The molecule has 6 nitrogen and oxygen atoms in total. The van der Waals surface area contributed by atoms with Crippen molar-refractivity contribution >= 4 is 5.96 Å². The van der Waals surface area contributed by atoms with Crippen LogP contribution in [0.3, 0.4) is 0 Å². The molecule has 0 saturated heterocycles. The van der Waals surface area contributed by atoms with Crippen LogP contribution in [0.5, 0.6) is 0 Å². The van der Waals surface area contributed by atoms with Gasteiger partial charge in [-0.05, 0) is 18.4 Å². The van der Waals surface area contributed by atoms with Gasteiger partial charge in [0.15, 0.2) is 5.96 Å². The number of hydrogen-bond donors (Lipinski definition) is 1. The second-order valence-corrected chi connectivity index (χ2v) is 3.40. The molecule has 2 N–H and O–H groups in total. The van der Waals surface area contributed by atoms with Gasteiger partial charge < -0.3 is 10.6 Å². The Hall–Kier alpha value is -1.42. The van der Waals surface area contributed by atoms with Crippen LogP contribution in [0.4, 0.5) is 0 Å². The highest BCUT2D eigenvalue weighted by molar-refractivity contribution is 5.80. The topological polar surface area (TPSA) is 90.4 Å². The molecule has 0 radical (unpaired) electrons. The summed E-state index contributed by atoms with van der Waals surface area (Å²) in [5, 5.41) is 3.56. The number of nitrogens with two attached hydrogens (primary N) is 1. The zero-order valence-electron chi connectivity index (χ0n) is 7.30. The van der Waals surface area contributed by atoms with Gasteiger partial charge in [-0.1, -0.05) is 5.11 Å². The van der Waals surface area contributed by atoms with Gasteiger partial charge in [-0.3, -0.25) is 4.99 Å². The maximum Gasteiger partial charge on any atom is 0.191 e. The van der Waals surface area contributed by atoms with Crippen LogP contribution in [0, 0.1) is 0 Å². The quantitative estimate of drug-likeness (QED) is 0.388. The minimum Gasteiger partial charge on any atom is -0.370 e. The van der Waals surface area contributed by atoms with E-state index in [9.17, 15) is 0 Å². The minimum atomic E-state index is 0.198. The van der Waals surface area contributed by atoms with Crippen LogP contribution in [0.2, 0.25) is 0 Å². The summed E-state index contributed by atoms with van der Waals surface area (Å²) in [5.74, 6) is 0.612. The zero-order chi connectivity index (χ0) is 9.26. The lowest BCUT2D eigenvalue weighted by Gasteiger charge is -2.24. The molecule has 1 heterocycles. The standard InChI is InChI=1S/C7H12N6/c8-7-10-3-6(4-11-12-9)13(7)5-1-2-5/h5-6H,1-4H2,(H2,8,10). The van der Waals surface area contributed by atoms with E-state index in [-0.39, 0.29) is 6.04 Å². The van der Waals surface area contributed by atoms with Crippen molar-refractivity contribution in [1.82, 2.24) is 4.90 Å². The zero-order valence-corrected chi connectivity index (χ0v) is 7.30. The predicted molar refractivity (Wildman–Crippen MR) is 49.2 cm³/mol. The molecule has 0 bridgehead atoms. The molecular formula is C7H12N6. The van der Waals surface area contributed by atoms with Gasteiger partial charge in [0.2, 0.25) is 0 Å². The average Bonchev–Trinajstić information content (AvgIpc) is 2.88. The largest absolute Gasteiger partial charge is 0.370 e. The molecule has 2 aliphatic rings. The number of rotatable bonds is 3. The number of guanidine groups is 1. The molecule has 0 aromatic carbocycles. The van der Waals surface area contributed by atoms with Crippen LogP contribution in [0.1, 0.15) is 12.8 Å². The van der Waals surface area contributed by atoms with Crippen molar-refractivity contribution < 1.29 is 0 Å². The fraction of sp³-hybridized carbons (Fsp3) is 0.857. The van der Waals surface area contributed by atoms with E-state index in [1.165, 1.54) is 12.8 Å². The Bertz CT molecular complexity index is 275. The summed E-state index contributed by atoms with van der Waals surface area (Å²) >= 11 is 0. The first-order valence-corrected chi connectivity index (χ1v) is 4.42. The minimum absolute atomic E-state index is 0.198. The molecule has 0 amide bonds. The van der Waals surface area contributed by atoms with Gasteiger partial charge in [0.1, 0.15) is 0 Å². The van der Waals surface area contributed by atoms with Crippen LogP contribution >= 0.6 is 0 Å². The Labute approximate surface area is 76.0 Å². The Kier molecular flexibility index (Phi) is 1.98. The number of hydrogen-bond acceptors (Lipinski definition) is 4. The second kappa shape index (κ2) is 3.14. The molecule has 6 heteroatoms. The smallest absolute Gasteiger partial charge is 0.191 e. The third kappa shape index (κ3) is 1.53. The molecule has 70 valence electrons. The van der Waals surface area contributed by atoms with Gasteiger partial charge in [-0.2, -0.15) is 0 Å². The number of nitrogens with zero attached hydrogens (tertiary/aromatic N) is 5. The van der Waals surface area contributed by atoms with Crippen LogP contribution in [0.15, 0.2) is 10.1 Å². The molecule has 1 atom stereocenters. The van der Waals surface area contributed by atoms with E-state index in [2.05, 4.69) is 19.9 Å². The molecule has 0 spiro atoms. The van der Waals surface area contributed by atoms with Crippen molar-refractivity contribution in [2.45, 2.75) is 24.9 Å². The van der Waals surface area contributed by atoms with Crippen molar-refractivity contribution in [2.24, 2.45) is 15.8 Å². The summed E-state index contributed by atoms with van der Waals surface area (Å²) in [6.07, 6.45) is 2.37. The van der Waals surface area contributed by atoms with Gasteiger partial charge in [0, 0.05) is 17.5 Å². The fourth-order valence-electron chi connectivity index (χ4n) is 1.67. The maximum atomic E-state index is 8.20. The van der Waals surface area contributed by atoms with Gasteiger partial charge >= 0.3 is 0 Å². The SMILES string of the molecule is [N-]=[N+]=NCC1CN=C(N)N1C1CC1. The van der Waals surface area contributed by atoms with Crippen LogP contribution in [0.25, 0.3) is 10.4 Å². The van der Waals surface area contributed by atoms with Crippen molar-refractivity contribution in [3.63, 3.8) is 0 Å². The fourth-order valence-corrected chi connectivity index (χ4v) is 1.67. The second-order valence-electron chi connectivity index (χ2n) is 3.40. The lowest BCUT2D eigenvalue weighted by Crippen LogP contribution is -2.43. The van der Waals surface area contributed by atoms with Crippen molar-refractivity contribution in [3.8, 4) is 0 Å². The molecule has 1 aliphatic carbocycles. The monoisotopic (exact) mass is 180 g/mol. The van der Waals surface area contributed by atoms with Crippen LogP contribution < -0.4 is 5.73 Å². The first kappa shape index (κ1) is 8.19. The Morgan fingerprint density at radius 2 is 2.46 bits per heavy atom. The van der Waals surface area contributed by atoms with Crippen molar-refractivity contribution in [2.75, 3.05) is 13.1 Å². The van der Waals surface area contributed by atoms with Crippen LogP contribution in [-0.4, -0.2) is 36.0 Å². The molecule has 1 unspecified atom stereocenters. The molecule has 1 aliphatic heterocycles. The van der Waals surface area contributed by atoms with Crippen molar-refractivity contribution in [3.05, 3.63) is 10.4 Å². The molecule has 1 saturated carbocycles. The van der Waals surface area contributed by atoms with Gasteiger partial charge in [0.25, 0.3) is 0 Å². The molecule has 0 aromatic rings. The Morgan fingerprint density at radius 1 is 1.69 bits per heavy atom. The molecule has 2 rings (SSSR count). The van der Waals surface area contributed by atoms with E-state index in [0.29, 0.717) is 25.1 Å². The van der Waals surface area contributed by atoms with E-state index in [0.717, 1.165) is 0 Å². The average molecular weight is 180 g/mol. The lowest BCUT2D eigenvalue weighted by molar-refractivity contribution is 0.336. The van der Waals surface area contributed by atoms with Crippen molar-refractivity contribution in [1.29, 1.82) is 0 Å². The molecule has 1 fully saturated rings. The third-order valence-electron chi connectivity index (χ3n) is 2.42. The summed E-state index contributed by atoms with van der Waals surface area (Å²) in [7, 11) is 0. The van der Waals surface area contributed by atoms with E-state index < -0.39 is 0 Å². The summed E-state index contributed by atoms with van der Waals surface area (Å²) < 4.78 is 0. The van der Waals surface area contributed by atoms with Gasteiger partial charge in [-0.25, -0.2) is 0 Å². The van der Waals surface area contributed by atoms with E-state index >= 15 is 0 Å². The number of aliphatic imine (C=N–C) groups is 1.